The molecule has 3 aromatic rings. The summed E-state index contributed by atoms with van der Waals surface area (Å²) in [5.41, 5.74) is 2.59. The van der Waals surface area contributed by atoms with Gasteiger partial charge in [-0.2, -0.15) is 0 Å². The molecule has 28 heavy (non-hydrogen) atoms. The Morgan fingerprint density at radius 1 is 0.964 bits per heavy atom. The van der Waals surface area contributed by atoms with Crippen molar-refractivity contribution in [3.05, 3.63) is 113 Å². The van der Waals surface area contributed by atoms with Crippen LogP contribution in [0.25, 0.3) is 0 Å². The first kappa shape index (κ1) is 18.1. The van der Waals surface area contributed by atoms with Gasteiger partial charge in [-0.3, -0.25) is 4.79 Å². The average molecular weight is 392 g/mol. The molecule has 4 rings (SSSR count). The topological polar surface area (TPSA) is 47.6 Å². The molecule has 0 aromatic heterocycles. The lowest BCUT2D eigenvalue weighted by molar-refractivity contribution is 0.0587. The zero-order chi connectivity index (χ0) is 19.3. The van der Waals surface area contributed by atoms with Gasteiger partial charge < -0.3 is 14.8 Å². The zero-order valence-corrected chi connectivity index (χ0v) is 15.7. The molecular formula is C23H18ClNO3. The number of ketones is 1. The van der Waals surface area contributed by atoms with E-state index in [1.54, 1.807) is 30.5 Å². The quantitative estimate of drug-likeness (QED) is 0.582. The Balaban J connectivity index is 1.34. The summed E-state index contributed by atoms with van der Waals surface area (Å²) in [5.74, 6) is 1.03. The van der Waals surface area contributed by atoms with Crippen molar-refractivity contribution in [3.63, 3.8) is 0 Å². The summed E-state index contributed by atoms with van der Waals surface area (Å²) in [6.07, 6.45) is 1.73. The van der Waals surface area contributed by atoms with Crippen LogP contribution in [0.4, 0.5) is 0 Å². The van der Waals surface area contributed by atoms with Crippen LogP contribution >= 0.6 is 11.6 Å². The van der Waals surface area contributed by atoms with Crippen molar-refractivity contribution in [1.82, 2.24) is 5.32 Å². The molecule has 0 spiro atoms. The van der Waals surface area contributed by atoms with E-state index in [0.717, 1.165) is 11.1 Å². The van der Waals surface area contributed by atoms with Crippen molar-refractivity contribution in [3.8, 4) is 5.75 Å². The smallest absolute Gasteiger partial charge is 0.303 e. The van der Waals surface area contributed by atoms with Gasteiger partial charge in [0.2, 0.25) is 0 Å². The van der Waals surface area contributed by atoms with Gasteiger partial charge in [0.25, 0.3) is 0 Å². The summed E-state index contributed by atoms with van der Waals surface area (Å²) in [4.78, 5) is 12.4. The Morgan fingerprint density at radius 2 is 1.68 bits per heavy atom. The van der Waals surface area contributed by atoms with Gasteiger partial charge in [0.1, 0.15) is 5.75 Å². The number of nitrogens with one attached hydrogen (secondary N) is 1. The first-order valence-electron chi connectivity index (χ1n) is 8.91. The Hall–Kier alpha value is -3.24. The van der Waals surface area contributed by atoms with Crippen molar-refractivity contribution in [2.24, 2.45) is 0 Å². The van der Waals surface area contributed by atoms with E-state index in [9.17, 15) is 4.79 Å². The number of Topliss-reactive ketones (excluding diaryl/α,β-unsaturated/α-hetero) is 1. The number of halogens is 1. The van der Waals surface area contributed by atoms with E-state index < -0.39 is 0 Å². The van der Waals surface area contributed by atoms with Gasteiger partial charge in [-0.25, -0.2) is 0 Å². The Labute approximate surface area is 168 Å². The van der Waals surface area contributed by atoms with Crippen LogP contribution in [0.3, 0.4) is 0 Å². The number of benzene rings is 3. The lowest BCUT2D eigenvalue weighted by atomic mass is 10.0. The van der Waals surface area contributed by atoms with Gasteiger partial charge in [-0.05, 0) is 42.0 Å². The van der Waals surface area contributed by atoms with E-state index in [0.29, 0.717) is 28.7 Å². The average Bonchev–Trinajstić information content (AvgIpc) is 3.18. The summed E-state index contributed by atoms with van der Waals surface area (Å²) in [6, 6.07) is 24.2. The molecule has 1 unspecified atom stereocenters. The largest absolute Gasteiger partial charge is 0.436 e. The highest BCUT2D eigenvalue weighted by atomic mass is 35.5. The third-order valence-electron chi connectivity index (χ3n) is 4.36. The molecule has 140 valence electrons. The number of ether oxygens (including phenoxy) is 2. The molecule has 0 bridgehead atoms. The summed E-state index contributed by atoms with van der Waals surface area (Å²) in [6.45, 7) is 0. The first-order valence-corrected chi connectivity index (χ1v) is 9.28. The van der Waals surface area contributed by atoms with Crippen molar-refractivity contribution in [1.29, 1.82) is 0 Å². The summed E-state index contributed by atoms with van der Waals surface area (Å²) in [7, 11) is 0. The fourth-order valence-corrected chi connectivity index (χ4v) is 3.02. The van der Waals surface area contributed by atoms with E-state index in [2.05, 4.69) is 5.32 Å². The molecule has 0 radical (unpaired) electrons. The van der Waals surface area contributed by atoms with Gasteiger partial charge in [0.15, 0.2) is 12.0 Å². The normalized spacial score (nSPS) is 15.3. The number of hydrogen-bond donors (Lipinski definition) is 1. The fourth-order valence-electron chi connectivity index (χ4n) is 2.89. The second-order valence-corrected chi connectivity index (χ2v) is 6.83. The van der Waals surface area contributed by atoms with E-state index in [1.807, 2.05) is 54.6 Å². The Morgan fingerprint density at radius 3 is 2.39 bits per heavy atom. The van der Waals surface area contributed by atoms with Gasteiger partial charge in [-0.1, -0.05) is 54.1 Å². The molecule has 0 aliphatic carbocycles. The summed E-state index contributed by atoms with van der Waals surface area (Å²) >= 11 is 5.91. The minimum Gasteiger partial charge on any atom is -0.436 e. The van der Waals surface area contributed by atoms with E-state index in [-0.39, 0.29) is 12.0 Å². The second kappa shape index (κ2) is 8.19. The van der Waals surface area contributed by atoms with E-state index >= 15 is 0 Å². The molecule has 1 atom stereocenters. The molecule has 5 heteroatoms. The first-order chi connectivity index (χ1) is 13.7. The van der Waals surface area contributed by atoms with Crippen molar-refractivity contribution < 1.29 is 14.3 Å². The minimum atomic E-state index is -0.320. The minimum absolute atomic E-state index is 0.0681. The van der Waals surface area contributed by atoms with Gasteiger partial charge in [-0.15, -0.1) is 0 Å². The van der Waals surface area contributed by atoms with Crippen molar-refractivity contribution in [2.45, 2.75) is 12.6 Å². The molecular weight excluding hydrogens is 374 g/mol. The highest BCUT2D eigenvalue weighted by molar-refractivity contribution is 6.30. The van der Waals surface area contributed by atoms with Crippen LogP contribution in [0.1, 0.15) is 27.7 Å². The van der Waals surface area contributed by atoms with Crippen LogP contribution in [0.5, 0.6) is 5.75 Å². The van der Waals surface area contributed by atoms with Crippen LogP contribution in [0.2, 0.25) is 5.02 Å². The molecule has 0 saturated carbocycles. The van der Waals surface area contributed by atoms with Crippen LogP contribution in [-0.2, 0) is 11.2 Å². The predicted octanol–water partition coefficient (Wildman–Crippen LogP) is 5.26. The van der Waals surface area contributed by atoms with Crippen molar-refractivity contribution in [2.75, 3.05) is 0 Å². The van der Waals surface area contributed by atoms with Crippen LogP contribution in [-0.4, -0.2) is 5.78 Å². The molecule has 0 saturated heterocycles. The number of carbonyl (C=O) groups is 1. The number of rotatable bonds is 6. The van der Waals surface area contributed by atoms with Crippen molar-refractivity contribution >= 4 is 17.4 Å². The lowest BCUT2D eigenvalue weighted by Crippen LogP contribution is -2.11. The van der Waals surface area contributed by atoms with Crippen LogP contribution in [0, 0.1) is 0 Å². The molecule has 1 heterocycles. The van der Waals surface area contributed by atoms with Crippen LogP contribution < -0.4 is 10.1 Å². The summed E-state index contributed by atoms with van der Waals surface area (Å²) < 4.78 is 11.5. The van der Waals surface area contributed by atoms with Gasteiger partial charge in [0, 0.05) is 22.6 Å². The SMILES string of the molecule is O=C(Cc1ccccc1)c1ccc(OC2=CNC(c3ccc(Cl)cc3)O2)cc1. The third kappa shape index (κ3) is 4.35. The predicted molar refractivity (Wildman–Crippen MR) is 108 cm³/mol. The maximum Gasteiger partial charge on any atom is 0.303 e. The number of hydrogen-bond acceptors (Lipinski definition) is 4. The maximum absolute atomic E-state index is 12.4. The second-order valence-electron chi connectivity index (χ2n) is 6.39. The molecule has 1 N–H and O–H groups in total. The molecule has 4 nitrogen and oxygen atoms in total. The van der Waals surface area contributed by atoms with E-state index in [4.69, 9.17) is 21.1 Å². The third-order valence-corrected chi connectivity index (χ3v) is 4.61. The maximum atomic E-state index is 12.4. The molecule has 0 fully saturated rings. The standard InChI is InChI=1S/C23H18ClNO3/c24-19-10-6-18(7-11-19)23-25-15-22(28-23)27-20-12-8-17(9-13-20)21(26)14-16-4-2-1-3-5-16/h1-13,15,23,25H,14H2. The monoisotopic (exact) mass is 391 g/mol. The Bertz CT molecular complexity index is 983. The fraction of sp³-hybridized carbons (Fsp3) is 0.0870. The number of carbonyl (C=O) groups excluding carboxylic acids is 1. The lowest BCUT2D eigenvalue weighted by Gasteiger charge is -2.13. The van der Waals surface area contributed by atoms with Gasteiger partial charge in [0.05, 0.1) is 6.20 Å². The van der Waals surface area contributed by atoms with E-state index in [1.165, 1.54) is 0 Å². The highest BCUT2D eigenvalue weighted by Gasteiger charge is 2.21. The van der Waals surface area contributed by atoms with Gasteiger partial charge >= 0.3 is 5.95 Å². The molecule has 1 aliphatic heterocycles. The molecule has 1 aliphatic rings. The Kier molecular flexibility index (Phi) is 5.31. The van der Waals surface area contributed by atoms with Crippen LogP contribution in [0.15, 0.2) is 91.0 Å². The summed E-state index contributed by atoms with van der Waals surface area (Å²) in [5, 5.41) is 3.79. The zero-order valence-electron chi connectivity index (χ0n) is 15.0. The highest BCUT2D eigenvalue weighted by Crippen LogP contribution is 2.26. The molecule has 3 aromatic carbocycles. The molecule has 0 amide bonds.